The molecule has 0 unspecified atom stereocenters. The zero-order valence-corrected chi connectivity index (χ0v) is 14.1. The number of rotatable bonds is 4. The molecule has 0 amide bonds. The van der Waals surface area contributed by atoms with Crippen molar-refractivity contribution in [3.63, 3.8) is 0 Å². The molecule has 0 atom stereocenters. The number of aromatic nitrogens is 5. The number of hydrogen-bond donors (Lipinski definition) is 1. The second-order valence-corrected chi connectivity index (χ2v) is 5.40. The Morgan fingerprint density at radius 1 is 1.15 bits per heavy atom. The molecule has 0 saturated carbocycles. The summed E-state index contributed by atoms with van der Waals surface area (Å²) in [7, 11) is 0. The highest BCUT2D eigenvalue weighted by Gasteiger charge is 2.18. The van der Waals surface area contributed by atoms with Crippen LogP contribution in [0.15, 0.2) is 33.0 Å². The number of nitrogens with two attached hydrogens (primary N) is 1. The highest BCUT2D eigenvalue weighted by atomic mass is 19.1. The first kappa shape index (κ1) is 17.3. The van der Waals surface area contributed by atoms with E-state index in [2.05, 4.69) is 35.5 Å². The smallest absolute Gasteiger partial charge is 0.243 e. The van der Waals surface area contributed by atoms with Gasteiger partial charge in [0.25, 0.3) is 0 Å². The Balaban J connectivity index is 1.91. The van der Waals surface area contributed by atoms with E-state index in [0.29, 0.717) is 17.1 Å². The van der Waals surface area contributed by atoms with E-state index in [0.717, 1.165) is 12.1 Å². The summed E-state index contributed by atoms with van der Waals surface area (Å²) in [6.45, 7) is 4.97. The minimum absolute atomic E-state index is 0.0693. The minimum atomic E-state index is -0.713. The predicted molar refractivity (Wildman–Crippen MR) is 89.1 cm³/mol. The molecule has 0 aliphatic carbocycles. The number of nitrogens with zero attached hydrogens (tertiary/aromatic N) is 7. The fourth-order valence-electron chi connectivity index (χ4n) is 2.24. The number of hydrogen-bond acceptors (Lipinski definition) is 8. The second kappa shape index (κ2) is 6.78. The van der Waals surface area contributed by atoms with Gasteiger partial charge in [-0.05, 0) is 43.2 Å². The van der Waals surface area contributed by atoms with Gasteiger partial charge in [0.15, 0.2) is 0 Å². The summed E-state index contributed by atoms with van der Waals surface area (Å²) in [4.78, 5) is 0. The molecule has 1 aromatic carbocycles. The number of halogens is 2. The summed E-state index contributed by atoms with van der Waals surface area (Å²) >= 11 is 0. The first-order valence-electron chi connectivity index (χ1n) is 7.44. The molecule has 2 N–H and O–H groups in total. The Morgan fingerprint density at radius 2 is 1.88 bits per heavy atom. The highest BCUT2D eigenvalue weighted by molar-refractivity contribution is 6.01. The van der Waals surface area contributed by atoms with Crippen molar-refractivity contribution in [2.24, 2.45) is 10.2 Å². The molecular formula is C15H14F2N8O. The molecule has 0 saturated heterocycles. The maximum Gasteiger partial charge on any atom is 0.243 e. The van der Waals surface area contributed by atoms with Gasteiger partial charge in [-0.1, -0.05) is 5.21 Å². The molecule has 0 aliphatic rings. The van der Waals surface area contributed by atoms with Crippen molar-refractivity contribution in [2.45, 2.75) is 20.8 Å². The van der Waals surface area contributed by atoms with Crippen LogP contribution in [0.3, 0.4) is 0 Å². The van der Waals surface area contributed by atoms with Crippen LogP contribution >= 0.6 is 0 Å². The minimum Gasteiger partial charge on any atom is -0.378 e. The van der Waals surface area contributed by atoms with E-state index in [4.69, 9.17) is 5.73 Å². The monoisotopic (exact) mass is 360 g/mol. The Kier molecular flexibility index (Phi) is 4.52. The van der Waals surface area contributed by atoms with Crippen LogP contribution in [0.2, 0.25) is 0 Å². The Morgan fingerprint density at radius 3 is 2.54 bits per heavy atom. The standard InChI is InChI=1S/C15H14F2N8O/c1-7(11-5-4-10(16)6-12(11)17)19-20-8(2)13-9(3)25(24-21-13)15-14(18)22-26-23-15/h4-6H,1-3H3,(H2,18,22)/b19-7+,20-8+. The predicted octanol–water partition coefficient (Wildman–Crippen LogP) is 2.05. The maximum absolute atomic E-state index is 13.8. The molecule has 9 nitrogen and oxygen atoms in total. The van der Waals surface area contributed by atoms with Gasteiger partial charge in [0.05, 0.1) is 17.1 Å². The Bertz CT molecular complexity index is 1020. The second-order valence-electron chi connectivity index (χ2n) is 5.40. The van der Waals surface area contributed by atoms with Gasteiger partial charge < -0.3 is 5.73 Å². The third-order valence-electron chi connectivity index (χ3n) is 3.60. The van der Waals surface area contributed by atoms with E-state index in [9.17, 15) is 8.78 Å². The average molecular weight is 360 g/mol. The fourth-order valence-corrected chi connectivity index (χ4v) is 2.24. The molecule has 134 valence electrons. The van der Waals surface area contributed by atoms with Crippen LogP contribution in [0.5, 0.6) is 0 Å². The van der Waals surface area contributed by atoms with E-state index in [1.54, 1.807) is 20.8 Å². The molecule has 0 radical (unpaired) electrons. The lowest BCUT2D eigenvalue weighted by Crippen LogP contribution is -2.05. The van der Waals surface area contributed by atoms with Crippen LogP contribution in [-0.2, 0) is 0 Å². The topological polar surface area (TPSA) is 120 Å². The largest absolute Gasteiger partial charge is 0.378 e. The lowest BCUT2D eigenvalue weighted by molar-refractivity contribution is 0.306. The molecule has 26 heavy (non-hydrogen) atoms. The van der Waals surface area contributed by atoms with Crippen LogP contribution in [0.4, 0.5) is 14.6 Å². The van der Waals surface area contributed by atoms with E-state index in [-0.39, 0.29) is 22.9 Å². The quantitative estimate of drug-likeness (QED) is 0.561. The molecule has 2 aromatic heterocycles. The van der Waals surface area contributed by atoms with Crippen LogP contribution < -0.4 is 5.73 Å². The molecule has 0 bridgehead atoms. The van der Waals surface area contributed by atoms with Crippen LogP contribution in [-0.4, -0.2) is 36.7 Å². The van der Waals surface area contributed by atoms with Gasteiger partial charge in [-0.2, -0.15) is 14.9 Å². The van der Waals surface area contributed by atoms with Crippen molar-refractivity contribution in [1.82, 2.24) is 25.3 Å². The average Bonchev–Trinajstić information content (AvgIpc) is 3.17. The molecule has 0 fully saturated rings. The molecule has 11 heteroatoms. The summed E-state index contributed by atoms with van der Waals surface area (Å²) in [6.07, 6.45) is 0. The molecule has 3 aromatic rings. The lowest BCUT2D eigenvalue weighted by Gasteiger charge is -2.02. The van der Waals surface area contributed by atoms with Crippen molar-refractivity contribution in [3.8, 4) is 5.82 Å². The number of anilines is 1. The Hall–Kier alpha value is -3.50. The van der Waals surface area contributed by atoms with Crippen molar-refractivity contribution in [2.75, 3.05) is 5.73 Å². The zero-order chi connectivity index (χ0) is 18.8. The van der Waals surface area contributed by atoms with Crippen molar-refractivity contribution >= 4 is 17.2 Å². The summed E-state index contributed by atoms with van der Waals surface area (Å²) in [5.74, 6) is -1.09. The third-order valence-corrected chi connectivity index (χ3v) is 3.60. The van der Waals surface area contributed by atoms with E-state index >= 15 is 0 Å². The van der Waals surface area contributed by atoms with Gasteiger partial charge in [0.1, 0.15) is 17.3 Å². The SMILES string of the molecule is C/C(=N\N=C(/C)c1nnn(-c2nonc2N)c1C)c1ccc(F)cc1F. The van der Waals surface area contributed by atoms with Crippen LogP contribution in [0.1, 0.15) is 30.8 Å². The molecule has 0 aliphatic heterocycles. The van der Waals surface area contributed by atoms with Crippen LogP contribution in [0, 0.1) is 18.6 Å². The van der Waals surface area contributed by atoms with Gasteiger partial charge >= 0.3 is 0 Å². The Labute approximate surface area is 146 Å². The first-order valence-corrected chi connectivity index (χ1v) is 7.44. The van der Waals surface area contributed by atoms with Crippen molar-refractivity contribution in [1.29, 1.82) is 0 Å². The van der Waals surface area contributed by atoms with E-state index in [1.807, 2.05) is 0 Å². The van der Waals surface area contributed by atoms with Gasteiger partial charge in [0.2, 0.25) is 11.6 Å². The lowest BCUT2D eigenvalue weighted by atomic mass is 10.1. The molecule has 3 rings (SSSR count). The van der Waals surface area contributed by atoms with Crippen molar-refractivity contribution in [3.05, 3.63) is 46.8 Å². The van der Waals surface area contributed by atoms with Gasteiger partial charge in [0, 0.05) is 11.6 Å². The van der Waals surface area contributed by atoms with Crippen molar-refractivity contribution < 1.29 is 13.4 Å². The first-order chi connectivity index (χ1) is 12.4. The summed E-state index contributed by atoms with van der Waals surface area (Å²) in [5.41, 5.74) is 7.57. The summed E-state index contributed by atoms with van der Waals surface area (Å²) in [5, 5.41) is 23.1. The third kappa shape index (κ3) is 3.18. The summed E-state index contributed by atoms with van der Waals surface area (Å²) < 4.78 is 32.7. The fraction of sp³-hybridized carbons (Fsp3) is 0.200. The summed E-state index contributed by atoms with van der Waals surface area (Å²) in [6, 6.07) is 3.24. The highest BCUT2D eigenvalue weighted by Crippen LogP contribution is 2.15. The van der Waals surface area contributed by atoms with E-state index < -0.39 is 11.6 Å². The van der Waals surface area contributed by atoms with Gasteiger partial charge in [-0.25, -0.2) is 13.4 Å². The van der Waals surface area contributed by atoms with Gasteiger partial charge in [-0.3, -0.25) is 0 Å². The van der Waals surface area contributed by atoms with E-state index in [1.165, 1.54) is 10.7 Å². The van der Waals surface area contributed by atoms with Crippen LogP contribution in [0.25, 0.3) is 5.82 Å². The molecule has 0 spiro atoms. The number of benzene rings is 1. The molecule has 2 heterocycles. The van der Waals surface area contributed by atoms with Gasteiger partial charge in [-0.15, -0.1) is 5.10 Å². The number of nitrogen functional groups attached to an aromatic ring is 1. The normalized spacial score (nSPS) is 12.7. The maximum atomic E-state index is 13.8. The molecular weight excluding hydrogens is 346 g/mol. The zero-order valence-electron chi connectivity index (χ0n) is 14.1.